The number of rotatable bonds is 6. The molecule has 0 aromatic heterocycles. The molecule has 0 saturated carbocycles. The van der Waals surface area contributed by atoms with Crippen molar-refractivity contribution in [1.29, 1.82) is 0 Å². The number of amides is 1. The molecule has 1 N–H and O–H groups in total. The van der Waals surface area contributed by atoms with Gasteiger partial charge in [-0.2, -0.15) is 0 Å². The number of hydrogen-bond acceptors (Lipinski definition) is 3. The highest BCUT2D eigenvalue weighted by Crippen LogP contribution is 2.27. The van der Waals surface area contributed by atoms with E-state index in [9.17, 15) is 9.18 Å². The Bertz CT molecular complexity index is 467. The number of hydrogen-bond donors (Lipinski definition) is 1. The first-order chi connectivity index (χ1) is 9.65. The van der Waals surface area contributed by atoms with Crippen LogP contribution in [0.3, 0.4) is 0 Å². The van der Waals surface area contributed by atoms with E-state index in [2.05, 4.69) is 5.32 Å². The number of nitrogens with zero attached hydrogens (tertiary/aromatic N) is 1. The molecular weight excluding hydrogens is 259 g/mol. The zero-order chi connectivity index (χ0) is 14.5. The maximum absolute atomic E-state index is 13.9. The second-order valence-corrected chi connectivity index (χ2v) is 4.89. The molecule has 2 unspecified atom stereocenters. The third-order valence-corrected chi connectivity index (χ3v) is 3.46. The van der Waals surface area contributed by atoms with Crippen LogP contribution < -0.4 is 5.32 Å². The minimum Gasteiger partial charge on any atom is -0.382 e. The predicted molar refractivity (Wildman–Crippen MR) is 74.6 cm³/mol. The van der Waals surface area contributed by atoms with Crippen molar-refractivity contribution in [2.24, 2.45) is 0 Å². The molecule has 1 heterocycles. The summed E-state index contributed by atoms with van der Waals surface area (Å²) in [5.74, 6) is -0.281. The average Bonchev–Trinajstić information content (AvgIpc) is 2.72. The summed E-state index contributed by atoms with van der Waals surface area (Å²) in [5.41, 5.74) is 0.515. The van der Waals surface area contributed by atoms with E-state index >= 15 is 0 Å². The molecule has 1 aromatic rings. The first-order valence-electron chi connectivity index (χ1n) is 7.03. The summed E-state index contributed by atoms with van der Waals surface area (Å²) in [5, 5.41) is 3.15. The fraction of sp³-hybridized carbons (Fsp3) is 0.533. The Hall–Kier alpha value is -1.46. The van der Waals surface area contributed by atoms with Crippen molar-refractivity contribution in [2.75, 3.05) is 19.8 Å². The summed E-state index contributed by atoms with van der Waals surface area (Å²) in [6, 6.07) is 6.29. The van der Waals surface area contributed by atoms with Gasteiger partial charge in [0.25, 0.3) is 0 Å². The smallest absolute Gasteiger partial charge is 0.241 e. The highest BCUT2D eigenvalue weighted by molar-refractivity contribution is 5.84. The van der Waals surface area contributed by atoms with E-state index in [1.807, 2.05) is 6.92 Å². The molecule has 1 aliphatic heterocycles. The monoisotopic (exact) mass is 280 g/mol. The number of nitrogens with one attached hydrogen (secondary N) is 1. The molecule has 0 spiro atoms. The van der Waals surface area contributed by atoms with Crippen LogP contribution in [0.15, 0.2) is 24.3 Å². The first kappa shape index (κ1) is 14.9. The van der Waals surface area contributed by atoms with E-state index in [4.69, 9.17) is 4.74 Å². The van der Waals surface area contributed by atoms with Gasteiger partial charge in [0.05, 0.1) is 6.04 Å². The molecule has 1 saturated heterocycles. The van der Waals surface area contributed by atoms with Gasteiger partial charge in [0.1, 0.15) is 12.0 Å². The molecule has 2 rings (SSSR count). The molecular formula is C15H21FN2O2. The molecule has 110 valence electrons. The molecule has 20 heavy (non-hydrogen) atoms. The van der Waals surface area contributed by atoms with Gasteiger partial charge in [0.15, 0.2) is 0 Å². The fourth-order valence-electron chi connectivity index (χ4n) is 2.45. The minimum absolute atomic E-state index is 0.00903. The van der Waals surface area contributed by atoms with Gasteiger partial charge in [-0.1, -0.05) is 18.2 Å². The lowest BCUT2D eigenvalue weighted by molar-refractivity contribution is -0.130. The van der Waals surface area contributed by atoms with Crippen molar-refractivity contribution >= 4 is 5.91 Å². The third kappa shape index (κ3) is 3.16. The second kappa shape index (κ2) is 6.81. The summed E-state index contributed by atoms with van der Waals surface area (Å²) >= 11 is 0. The maximum Gasteiger partial charge on any atom is 0.241 e. The molecule has 1 fully saturated rings. The third-order valence-electron chi connectivity index (χ3n) is 3.46. The van der Waals surface area contributed by atoms with Gasteiger partial charge in [-0.15, -0.1) is 0 Å². The number of ether oxygens (including phenoxy) is 1. The van der Waals surface area contributed by atoms with Crippen LogP contribution >= 0.6 is 0 Å². The molecule has 0 aliphatic carbocycles. The standard InChI is InChI=1S/C15H21FN2O2/c1-3-20-10-6-9-18-14(17-11(2)15(18)19)12-7-4-5-8-13(12)16/h4-5,7-8,11,14,17H,3,6,9-10H2,1-2H3. The lowest BCUT2D eigenvalue weighted by Gasteiger charge is -2.24. The molecule has 0 bridgehead atoms. The Kier molecular flexibility index (Phi) is 5.09. The number of carbonyl (C=O) groups excluding carboxylic acids is 1. The molecule has 1 aromatic carbocycles. The zero-order valence-corrected chi connectivity index (χ0v) is 11.9. The highest BCUT2D eigenvalue weighted by atomic mass is 19.1. The van der Waals surface area contributed by atoms with Crippen LogP contribution in [0.1, 0.15) is 32.0 Å². The van der Waals surface area contributed by atoms with Crippen molar-refractivity contribution in [2.45, 2.75) is 32.5 Å². The molecule has 1 aliphatic rings. The Morgan fingerprint density at radius 1 is 1.40 bits per heavy atom. The van der Waals surface area contributed by atoms with Crippen LogP contribution in [0, 0.1) is 5.82 Å². The highest BCUT2D eigenvalue weighted by Gasteiger charge is 2.37. The SMILES string of the molecule is CCOCCCN1C(=O)C(C)NC1c1ccccc1F. The first-order valence-corrected chi connectivity index (χ1v) is 7.03. The van der Waals surface area contributed by atoms with E-state index in [1.54, 1.807) is 30.0 Å². The second-order valence-electron chi connectivity index (χ2n) is 4.89. The number of benzene rings is 1. The molecule has 4 nitrogen and oxygen atoms in total. The van der Waals surface area contributed by atoms with Crippen molar-refractivity contribution in [3.05, 3.63) is 35.6 Å². The molecule has 1 amide bonds. The Morgan fingerprint density at radius 3 is 2.85 bits per heavy atom. The minimum atomic E-state index is -0.389. The van der Waals surface area contributed by atoms with Gasteiger partial charge >= 0.3 is 0 Å². The van der Waals surface area contributed by atoms with Gasteiger partial charge in [-0.25, -0.2) is 4.39 Å². The lowest BCUT2D eigenvalue weighted by Crippen LogP contribution is -2.32. The predicted octanol–water partition coefficient (Wildman–Crippen LogP) is 2.07. The van der Waals surface area contributed by atoms with Crippen LogP contribution in [0.4, 0.5) is 4.39 Å². The van der Waals surface area contributed by atoms with Gasteiger partial charge in [-0.3, -0.25) is 10.1 Å². The zero-order valence-electron chi connectivity index (χ0n) is 11.9. The van der Waals surface area contributed by atoms with E-state index < -0.39 is 0 Å². The van der Waals surface area contributed by atoms with Gasteiger partial charge < -0.3 is 9.64 Å². The van der Waals surface area contributed by atoms with E-state index in [-0.39, 0.29) is 23.9 Å². The largest absolute Gasteiger partial charge is 0.382 e. The van der Waals surface area contributed by atoms with E-state index in [1.165, 1.54) is 6.07 Å². The van der Waals surface area contributed by atoms with Gasteiger partial charge in [-0.05, 0) is 26.3 Å². The Labute approximate surface area is 118 Å². The van der Waals surface area contributed by atoms with Crippen LogP contribution in [-0.2, 0) is 9.53 Å². The summed E-state index contributed by atoms with van der Waals surface area (Å²) in [7, 11) is 0. The summed E-state index contributed by atoms with van der Waals surface area (Å²) in [6.45, 7) is 5.58. The van der Waals surface area contributed by atoms with Crippen LogP contribution in [0.25, 0.3) is 0 Å². The quantitative estimate of drug-likeness (QED) is 0.811. The topological polar surface area (TPSA) is 41.6 Å². The lowest BCUT2D eigenvalue weighted by atomic mass is 10.1. The van der Waals surface area contributed by atoms with Crippen molar-refractivity contribution in [3.8, 4) is 0 Å². The Balaban J connectivity index is 2.10. The number of carbonyl (C=O) groups is 1. The van der Waals surface area contributed by atoms with Crippen molar-refractivity contribution in [1.82, 2.24) is 10.2 Å². The normalized spacial score (nSPS) is 22.6. The summed E-state index contributed by atoms with van der Waals surface area (Å²) in [6.07, 6.45) is 0.360. The van der Waals surface area contributed by atoms with E-state index in [0.29, 0.717) is 25.3 Å². The number of halogens is 1. The Morgan fingerprint density at radius 2 is 2.15 bits per heavy atom. The van der Waals surface area contributed by atoms with Crippen LogP contribution in [-0.4, -0.2) is 36.6 Å². The summed E-state index contributed by atoms with van der Waals surface area (Å²) < 4.78 is 19.2. The van der Waals surface area contributed by atoms with Crippen molar-refractivity contribution < 1.29 is 13.9 Å². The average molecular weight is 280 g/mol. The van der Waals surface area contributed by atoms with Gasteiger partial charge in [0, 0.05) is 25.3 Å². The molecule has 5 heteroatoms. The molecule has 0 radical (unpaired) electrons. The van der Waals surface area contributed by atoms with Crippen LogP contribution in [0.5, 0.6) is 0 Å². The van der Waals surface area contributed by atoms with E-state index in [0.717, 1.165) is 6.42 Å². The fourth-order valence-corrected chi connectivity index (χ4v) is 2.45. The maximum atomic E-state index is 13.9. The van der Waals surface area contributed by atoms with Crippen LogP contribution in [0.2, 0.25) is 0 Å². The molecule has 2 atom stereocenters. The van der Waals surface area contributed by atoms with Crippen molar-refractivity contribution in [3.63, 3.8) is 0 Å². The van der Waals surface area contributed by atoms with Gasteiger partial charge in [0.2, 0.25) is 5.91 Å². The summed E-state index contributed by atoms with van der Waals surface area (Å²) in [4.78, 5) is 13.9.